The molecule has 2 N–H and O–H groups in total. The summed E-state index contributed by atoms with van der Waals surface area (Å²) in [7, 11) is 0. The number of aliphatic hydroxyl groups excluding tert-OH is 1. The molecule has 3 nitrogen and oxygen atoms in total. The van der Waals surface area contributed by atoms with E-state index in [1.807, 2.05) is 30.3 Å². The van der Waals surface area contributed by atoms with E-state index in [0.717, 1.165) is 46.9 Å². The van der Waals surface area contributed by atoms with Gasteiger partial charge in [0.2, 0.25) is 0 Å². The number of rotatable bonds is 3. The molecule has 22 heavy (non-hydrogen) atoms. The van der Waals surface area contributed by atoms with Gasteiger partial charge in [0, 0.05) is 16.8 Å². The minimum absolute atomic E-state index is 0.426. The van der Waals surface area contributed by atoms with Crippen molar-refractivity contribution in [3.8, 4) is 0 Å². The van der Waals surface area contributed by atoms with Crippen LogP contribution in [0.3, 0.4) is 0 Å². The molecular weight excluding hydrogens is 274 g/mol. The van der Waals surface area contributed by atoms with Crippen LogP contribution in [0.15, 0.2) is 46.9 Å². The summed E-state index contributed by atoms with van der Waals surface area (Å²) < 4.78 is 5.91. The normalized spacial score (nSPS) is 20.5. The smallest absolute Gasteiger partial charge is 0.135 e. The molecule has 0 amide bonds. The molecule has 3 heteroatoms. The highest BCUT2D eigenvalue weighted by atomic mass is 16.3. The Bertz CT molecular complexity index is 786. The van der Waals surface area contributed by atoms with E-state index < -0.39 is 6.10 Å². The van der Waals surface area contributed by atoms with Crippen LogP contribution in [0.2, 0.25) is 0 Å². The Hall–Kier alpha value is -1.84. The number of fused-ring (bicyclic) bond motifs is 3. The summed E-state index contributed by atoms with van der Waals surface area (Å²) in [6.45, 7) is 1.07. The van der Waals surface area contributed by atoms with Gasteiger partial charge in [-0.2, -0.15) is 0 Å². The second-order valence-corrected chi connectivity index (χ2v) is 6.25. The average molecular weight is 295 g/mol. The molecule has 0 saturated carbocycles. The van der Waals surface area contributed by atoms with Crippen LogP contribution in [0.4, 0.5) is 0 Å². The van der Waals surface area contributed by atoms with Crippen LogP contribution in [-0.4, -0.2) is 17.7 Å². The molecule has 2 atom stereocenters. The maximum Gasteiger partial charge on any atom is 0.135 e. The highest BCUT2D eigenvalue weighted by Gasteiger charge is 2.19. The summed E-state index contributed by atoms with van der Waals surface area (Å²) in [5.74, 6) is 0. The monoisotopic (exact) mass is 295 g/mol. The molecule has 1 aliphatic rings. The first kappa shape index (κ1) is 13.8. The molecule has 1 aliphatic heterocycles. The molecule has 0 bridgehead atoms. The van der Waals surface area contributed by atoms with Crippen molar-refractivity contribution in [2.24, 2.45) is 0 Å². The first-order chi connectivity index (χ1) is 10.8. The minimum Gasteiger partial charge on any atom is -0.456 e. The predicted octanol–water partition coefficient (Wildman–Crippen LogP) is 4.15. The van der Waals surface area contributed by atoms with Crippen molar-refractivity contribution in [1.29, 1.82) is 0 Å². The molecule has 2 aromatic carbocycles. The fourth-order valence-electron chi connectivity index (χ4n) is 3.48. The lowest BCUT2D eigenvalue weighted by atomic mass is 9.95. The summed E-state index contributed by atoms with van der Waals surface area (Å²) in [6, 6.07) is 14.6. The largest absolute Gasteiger partial charge is 0.456 e. The fraction of sp³-hybridized carbons (Fsp3) is 0.368. The van der Waals surface area contributed by atoms with Crippen molar-refractivity contribution in [3.05, 3.63) is 48.0 Å². The van der Waals surface area contributed by atoms with Crippen molar-refractivity contribution in [2.45, 2.75) is 37.8 Å². The standard InChI is InChI=1S/C19H21NO2/c21-17(12-14-5-3-4-10-20-14)13-8-9-16-15-6-1-2-7-18(15)22-19(16)11-13/h1-2,6-9,11,14,17,20-21H,3-5,10,12H2/t14-,17+/m1/s1. The number of benzene rings is 2. The fourth-order valence-corrected chi connectivity index (χ4v) is 3.48. The lowest BCUT2D eigenvalue weighted by Crippen LogP contribution is -2.35. The third kappa shape index (κ3) is 2.51. The SMILES string of the molecule is O[C@@H](C[C@H]1CCCCN1)c1ccc2c(c1)oc1ccccc12. The maximum absolute atomic E-state index is 10.5. The second kappa shape index (κ2) is 5.75. The van der Waals surface area contributed by atoms with E-state index in [2.05, 4.69) is 17.4 Å². The van der Waals surface area contributed by atoms with Gasteiger partial charge in [-0.3, -0.25) is 0 Å². The van der Waals surface area contributed by atoms with Crippen LogP contribution < -0.4 is 5.32 Å². The summed E-state index contributed by atoms with van der Waals surface area (Å²) in [5, 5.41) is 16.3. The topological polar surface area (TPSA) is 45.4 Å². The number of aliphatic hydroxyl groups is 1. The Labute approximate surface area is 129 Å². The molecule has 0 aliphatic carbocycles. The lowest BCUT2D eigenvalue weighted by molar-refractivity contribution is 0.144. The summed E-state index contributed by atoms with van der Waals surface area (Å²) in [4.78, 5) is 0. The quantitative estimate of drug-likeness (QED) is 0.763. The zero-order valence-corrected chi connectivity index (χ0v) is 12.6. The van der Waals surface area contributed by atoms with Gasteiger partial charge in [0.1, 0.15) is 11.2 Å². The van der Waals surface area contributed by atoms with Crippen LogP contribution in [0.25, 0.3) is 21.9 Å². The zero-order chi connectivity index (χ0) is 14.9. The van der Waals surface area contributed by atoms with E-state index in [1.54, 1.807) is 0 Å². The molecule has 0 unspecified atom stereocenters. The summed E-state index contributed by atoms with van der Waals surface area (Å²) >= 11 is 0. The summed E-state index contributed by atoms with van der Waals surface area (Å²) in [6.07, 6.45) is 3.99. The van der Waals surface area contributed by atoms with Gasteiger partial charge in [0.05, 0.1) is 6.10 Å². The number of furan rings is 1. The van der Waals surface area contributed by atoms with Gasteiger partial charge in [-0.05, 0) is 43.5 Å². The molecule has 4 rings (SSSR count). The Kier molecular flexibility index (Phi) is 3.60. The number of hydrogen-bond donors (Lipinski definition) is 2. The van der Waals surface area contributed by atoms with Gasteiger partial charge in [0.25, 0.3) is 0 Å². The van der Waals surface area contributed by atoms with Gasteiger partial charge >= 0.3 is 0 Å². The zero-order valence-electron chi connectivity index (χ0n) is 12.6. The highest BCUT2D eigenvalue weighted by Crippen LogP contribution is 2.31. The van der Waals surface area contributed by atoms with E-state index in [4.69, 9.17) is 4.42 Å². The van der Waals surface area contributed by atoms with Crippen molar-refractivity contribution in [3.63, 3.8) is 0 Å². The average Bonchev–Trinajstić information content (AvgIpc) is 2.93. The Balaban J connectivity index is 1.62. The third-order valence-electron chi connectivity index (χ3n) is 4.71. The van der Waals surface area contributed by atoms with Crippen LogP contribution in [-0.2, 0) is 0 Å². The van der Waals surface area contributed by atoms with E-state index >= 15 is 0 Å². The molecule has 114 valence electrons. The molecule has 0 radical (unpaired) electrons. The molecule has 2 heterocycles. The van der Waals surface area contributed by atoms with Crippen molar-refractivity contribution in [1.82, 2.24) is 5.32 Å². The Morgan fingerprint density at radius 1 is 1.09 bits per heavy atom. The number of hydrogen-bond acceptors (Lipinski definition) is 3. The molecule has 1 fully saturated rings. The highest BCUT2D eigenvalue weighted by molar-refractivity contribution is 6.04. The van der Waals surface area contributed by atoms with Gasteiger partial charge in [-0.15, -0.1) is 0 Å². The second-order valence-electron chi connectivity index (χ2n) is 6.25. The predicted molar refractivity (Wildman–Crippen MR) is 88.9 cm³/mol. The minimum atomic E-state index is -0.437. The van der Waals surface area contributed by atoms with Gasteiger partial charge < -0.3 is 14.8 Å². The molecular formula is C19H21NO2. The lowest BCUT2D eigenvalue weighted by Gasteiger charge is -2.25. The van der Waals surface area contributed by atoms with E-state index in [-0.39, 0.29) is 0 Å². The maximum atomic E-state index is 10.5. The van der Waals surface area contributed by atoms with Gasteiger partial charge in [-0.1, -0.05) is 36.8 Å². The van der Waals surface area contributed by atoms with E-state index in [9.17, 15) is 5.11 Å². The van der Waals surface area contributed by atoms with Crippen molar-refractivity contribution < 1.29 is 9.52 Å². The van der Waals surface area contributed by atoms with Gasteiger partial charge in [-0.25, -0.2) is 0 Å². The summed E-state index contributed by atoms with van der Waals surface area (Å²) in [5.41, 5.74) is 2.70. The van der Waals surface area contributed by atoms with Crippen LogP contribution in [0.1, 0.15) is 37.4 Å². The Morgan fingerprint density at radius 2 is 1.95 bits per heavy atom. The number of para-hydroxylation sites is 1. The van der Waals surface area contributed by atoms with Crippen molar-refractivity contribution in [2.75, 3.05) is 6.54 Å². The van der Waals surface area contributed by atoms with Crippen LogP contribution >= 0.6 is 0 Å². The third-order valence-corrected chi connectivity index (χ3v) is 4.71. The number of nitrogens with one attached hydrogen (secondary N) is 1. The van der Waals surface area contributed by atoms with Crippen molar-refractivity contribution >= 4 is 21.9 Å². The molecule has 1 aromatic heterocycles. The number of piperidine rings is 1. The molecule has 0 spiro atoms. The van der Waals surface area contributed by atoms with E-state index in [0.29, 0.717) is 6.04 Å². The van der Waals surface area contributed by atoms with E-state index in [1.165, 1.54) is 12.8 Å². The first-order valence-electron chi connectivity index (χ1n) is 8.14. The molecule has 3 aromatic rings. The first-order valence-corrected chi connectivity index (χ1v) is 8.14. The van der Waals surface area contributed by atoms with Crippen LogP contribution in [0, 0.1) is 0 Å². The Morgan fingerprint density at radius 3 is 2.82 bits per heavy atom. The van der Waals surface area contributed by atoms with Crippen LogP contribution in [0.5, 0.6) is 0 Å². The molecule has 1 saturated heterocycles. The van der Waals surface area contributed by atoms with Gasteiger partial charge in [0.15, 0.2) is 0 Å².